The Balaban J connectivity index is 1.51. The van der Waals surface area contributed by atoms with Gasteiger partial charge < -0.3 is 4.98 Å². The van der Waals surface area contributed by atoms with E-state index in [1.807, 2.05) is 10.9 Å². The fourth-order valence-corrected chi connectivity index (χ4v) is 3.06. The number of aromatic amines is 1. The molecule has 114 valence electrons. The van der Waals surface area contributed by atoms with Gasteiger partial charge in [0.05, 0.1) is 5.69 Å². The first-order valence-electron chi connectivity index (χ1n) is 8.14. The minimum atomic E-state index is 0.730. The highest BCUT2D eigenvalue weighted by Gasteiger charge is 2.29. The average Bonchev–Trinajstić information content (AvgIpc) is 3.10. The Morgan fingerprint density at radius 1 is 1.23 bits per heavy atom. The minimum absolute atomic E-state index is 0.730. The van der Waals surface area contributed by atoms with Crippen molar-refractivity contribution in [2.75, 3.05) is 0 Å². The van der Waals surface area contributed by atoms with E-state index in [4.69, 9.17) is 0 Å². The van der Waals surface area contributed by atoms with Gasteiger partial charge in [0, 0.05) is 43.6 Å². The van der Waals surface area contributed by atoms with Crippen LogP contribution in [0.1, 0.15) is 31.0 Å². The Hall–Kier alpha value is -2.07. The zero-order valence-electron chi connectivity index (χ0n) is 13.0. The summed E-state index contributed by atoms with van der Waals surface area (Å²) in [5, 5.41) is 5.93. The van der Waals surface area contributed by atoms with E-state index in [9.17, 15) is 0 Å². The summed E-state index contributed by atoms with van der Waals surface area (Å²) in [5.74, 6) is 0. The lowest BCUT2D eigenvalue weighted by Crippen LogP contribution is -2.25. The van der Waals surface area contributed by atoms with Gasteiger partial charge in [-0.3, -0.25) is 9.58 Å². The molecule has 0 saturated heterocycles. The van der Waals surface area contributed by atoms with Crippen molar-refractivity contribution in [2.45, 2.75) is 45.4 Å². The van der Waals surface area contributed by atoms with Gasteiger partial charge in [0.25, 0.3) is 0 Å². The van der Waals surface area contributed by atoms with E-state index in [1.54, 1.807) is 0 Å². The molecule has 0 aliphatic heterocycles. The van der Waals surface area contributed by atoms with Crippen LogP contribution in [0, 0.1) is 0 Å². The Morgan fingerprint density at radius 2 is 2.14 bits per heavy atom. The van der Waals surface area contributed by atoms with E-state index in [0.29, 0.717) is 0 Å². The van der Waals surface area contributed by atoms with E-state index < -0.39 is 0 Å². The third-order valence-corrected chi connectivity index (χ3v) is 4.45. The lowest BCUT2D eigenvalue weighted by molar-refractivity contribution is 0.242. The van der Waals surface area contributed by atoms with Crippen molar-refractivity contribution < 1.29 is 0 Å². The molecule has 0 radical (unpaired) electrons. The van der Waals surface area contributed by atoms with E-state index >= 15 is 0 Å². The van der Waals surface area contributed by atoms with Gasteiger partial charge in [0.2, 0.25) is 0 Å². The first-order chi connectivity index (χ1) is 10.8. The topological polar surface area (TPSA) is 36.9 Å². The van der Waals surface area contributed by atoms with E-state index in [-0.39, 0.29) is 0 Å². The number of nitrogens with zero attached hydrogens (tertiary/aromatic N) is 3. The summed E-state index contributed by atoms with van der Waals surface area (Å²) < 4.78 is 2.01. The molecule has 1 aromatic carbocycles. The summed E-state index contributed by atoms with van der Waals surface area (Å²) in [5.41, 5.74) is 3.77. The number of fused-ring (bicyclic) bond motifs is 1. The molecule has 0 amide bonds. The number of nitrogens with one attached hydrogen (secondary N) is 1. The second kappa shape index (κ2) is 5.61. The van der Waals surface area contributed by atoms with Gasteiger partial charge in [-0.15, -0.1) is 0 Å². The molecule has 0 unspecified atom stereocenters. The number of aryl methyl sites for hydroxylation is 1. The quantitative estimate of drug-likeness (QED) is 0.755. The van der Waals surface area contributed by atoms with Crippen LogP contribution in [-0.4, -0.2) is 25.7 Å². The zero-order valence-corrected chi connectivity index (χ0v) is 13.0. The standard InChI is InChI=1S/C18H22N4/c1-2-22-10-8-16(20-22)13-21(17-4-5-17)12-14-3-6-18-15(11-14)7-9-19-18/h3,6-11,17,19H,2,4-5,12-13H2,1H3. The number of benzene rings is 1. The van der Waals surface area contributed by atoms with Crippen LogP contribution in [0.15, 0.2) is 42.7 Å². The fourth-order valence-electron chi connectivity index (χ4n) is 3.06. The smallest absolute Gasteiger partial charge is 0.0765 e. The van der Waals surface area contributed by atoms with Gasteiger partial charge >= 0.3 is 0 Å². The van der Waals surface area contributed by atoms with Gasteiger partial charge in [-0.2, -0.15) is 5.10 Å². The van der Waals surface area contributed by atoms with E-state index in [1.165, 1.54) is 35.0 Å². The predicted molar refractivity (Wildman–Crippen MR) is 88.5 cm³/mol. The summed E-state index contributed by atoms with van der Waals surface area (Å²) in [6, 6.07) is 11.7. The van der Waals surface area contributed by atoms with Crippen LogP contribution in [0.3, 0.4) is 0 Å². The maximum Gasteiger partial charge on any atom is 0.0765 e. The molecule has 3 aromatic rings. The number of aromatic nitrogens is 3. The fraction of sp³-hybridized carbons (Fsp3) is 0.389. The molecule has 4 rings (SSSR count). The number of hydrogen-bond donors (Lipinski definition) is 1. The van der Waals surface area contributed by atoms with Crippen molar-refractivity contribution in [1.82, 2.24) is 19.7 Å². The molecule has 1 saturated carbocycles. The molecular formula is C18H22N4. The molecule has 1 aliphatic carbocycles. The largest absolute Gasteiger partial charge is 0.361 e. The Kier molecular flexibility index (Phi) is 3.47. The van der Waals surface area contributed by atoms with Crippen molar-refractivity contribution in [3.63, 3.8) is 0 Å². The molecule has 22 heavy (non-hydrogen) atoms. The summed E-state index contributed by atoms with van der Waals surface area (Å²) in [6.07, 6.45) is 6.72. The van der Waals surface area contributed by atoms with Gasteiger partial charge in [0.1, 0.15) is 0 Å². The number of hydrogen-bond acceptors (Lipinski definition) is 2. The minimum Gasteiger partial charge on any atom is -0.361 e. The summed E-state index contributed by atoms with van der Waals surface area (Å²) in [4.78, 5) is 5.82. The molecule has 1 aliphatic rings. The lowest BCUT2D eigenvalue weighted by Gasteiger charge is -2.21. The molecule has 2 heterocycles. The van der Waals surface area contributed by atoms with E-state index in [0.717, 1.165) is 25.7 Å². The molecule has 2 aromatic heterocycles. The van der Waals surface area contributed by atoms with Crippen molar-refractivity contribution in [3.8, 4) is 0 Å². The second-order valence-electron chi connectivity index (χ2n) is 6.20. The normalized spacial score (nSPS) is 15.0. The highest BCUT2D eigenvalue weighted by molar-refractivity contribution is 5.79. The van der Waals surface area contributed by atoms with E-state index in [2.05, 4.69) is 58.4 Å². The van der Waals surface area contributed by atoms with Crippen molar-refractivity contribution in [3.05, 3.63) is 54.0 Å². The molecule has 0 spiro atoms. The first kappa shape index (κ1) is 13.6. The molecule has 1 N–H and O–H groups in total. The molecule has 4 nitrogen and oxygen atoms in total. The maximum atomic E-state index is 4.63. The monoisotopic (exact) mass is 294 g/mol. The molecule has 0 atom stereocenters. The highest BCUT2D eigenvalue weighted by Crippen LogP contribution is 2.30. The zero-order chi connectivity index (χ0) is 14.9. The molecule has 1 fully saturated rings. The van der Waals surface area contributed by atoms with Crippen molar-refractivity contribution >= 4 is 10.9 Å². The van der Waals surface area contributed by atoms with Gasteiger partial charge in [-0.1, -0.05) is 6.07 Å². The van der Waals surface area contributed by atoms with Crippen molar-refractivity contribution in [1.29, 1.82) is 0 Å². The lowest BCUT2D eigenvalue weighted by atomic mass is 10.1. The van der Waals surface area contributed by atoms with Crippen LogP contribution in [0.4, 0.5) is 0 Å². The third kappa shape index (κ3) is 2.79. The van der Waals surface area contributed by atoms with Crippen LogP contribution in [0.5, 0.6) is 0 Å². The molecule has 4 heteroatoms. The number of H-pyrrole nitrogens is 1. The Morgan fingerprint density at radius 3 is 2.91 bits per heavy atom. The second-order valence-corrected chi connectivity index (χ2v) is 6.20. The molecular weight excluding hydrogens is 272 g/mol. The Bertz CT molecular complexity index is 766. The summed E-state index contributed by atoms with van der Waals surface area (Å²) in [6.45, 7) is 5.02. The summed E-state index contributed by atoms with van der Waals surface area (Å²) in [7, 11) is 0. The van der Waals surface area contributed by atoms with Crippen LogP contribution in [-0.2, 0) is 19.6 Å². The summed E-state index contributed by atoms with van der Waals surface area (Å²) >= 11 is 0. The average molecular weight is 294 g/mol. The van der Waals surface area contributed by atoms with Crippen LogP contribution in [0.25, 0.3) is 10.9 Å². The Labute approximate surface area is 130 Å². The van der Waals surface area contributed by atoms with Crippen LogP contribution in [0.2, 0.25) is 0 Å². The first-order valence-corrected chi connectivity index (χ1v) is 8.14. The van der Waals surface area contributed by atoms with Gasteiger partial charge in [-0.25, -0.2) is 0 Å². The SMILES string of the molecule is CCn1ccc(CN(Cc2ccc3[nH]ccc3c2)C2CC2)n1. The van der Waals surface area contributed by atoms with Crippen LogP contribution >= 0.6 is 0 Å². The van der Waals surface area contributed by atoms with Crippen molar-refractivity contribution in [2.24, 2.45) is 0 Å². The van der Waals surface area contributed by atoms with Gasteiger partial charge in [0.15, 0.2) is 0 Å². The number of rotatable bonds is 6. The van der Waals surface area contributed by atoms with Gasteiger partial charge in [-0.05, 0) is 55.0 Å². The molecule has 0 bridgehead atoms. The van der Waals surface area contributed by atoms with Crippen LogP contribution < -0.4 is 0 Å². The highest BCUT2D eigenvalue weighted by atomic mass is 15.3. The predicted octanol–water partition coefficient (Wildman–Crippen LogP) is 3.55. The third-order valence-electron chi connectivity index (χ3n) is 4.45. The maximum absolute atomic E-state index is 4.63.